The number of rotatable bonds is 6. The molecule has 0 saturated carbocycles. The summed E-state index contributed by atoms with van der Waals surface area (Å²) in [6.07, 6.45) is 2.00. The van der Waals surface area contributed by atoms with E-state index in [-0.39, 0.29) is 24.9 Å². The van der Waals surface area contributed by atoms with Gasteiger partial charge >= 0.3 is 0 Å². The van der Waals surface area contributed by atoms with Crippen molar-refractivity contribution in [1.82, 2.24) is 4.90 Å². The third kappa shape index (κ3) is 4.20. The molecule has 1 saturated heterocycles. The Morgan fingerprint density at radius 1 is 1.50 bits per heavy atom. The second-order valence-corrected chi connectivity index (χ2v) is 5.06. The quantitative estimate of drug-likeness (QED) is 0.865. The Morgan fingerprint density at radius 3 is 3.10 bits per heavy atom. The zero-order valence-electron chi connectivity index (χ0n) is 11.4. The molecule has 2 rings (SSSR count). The maximum Gasteiger partial charge on any atom is 0.226 e. The summed E-state index contributed by atoms with van der Waals surface area (Å²) in [6.45, 7) is 1.90. The summed E-state index contributed by atoms with van der Waals surface area (Å²) < 4.78 is 18.3. The second kappa shape index (κ2) is 7.24. The number of hydrogen-bond donors (Lipinski definition) is 1. The molecule has 1 N–H and O–H groups in total. The van der Waals surface area contributed by atoms with Gasteiger partial charge in [-0.25, -0.2) is 4.39 Å². The van der Waals surface area contributed by atoms with Crippen molar-refractivity contribution in [3.63, 3.8) is 0 Å². The molecule has 0 aliphatic carbocycles. The summed E-state index contributed by atoms with van der Waals surface area (Å²) >= 11 is 0. The third-order valence-corrected chi connectivity index (χ3v) is 3.56. The van der Waals surface area contributed by atoms with Crippen LogP contribution in [0, 0.1) is 11.7 Å². The van der Waals surface area contributed by atoms with Gasteiger partial charge in [-0.15, -0.1) is 0 Å². The van der Waals surface area contributed by atoms with Gasteiger partial charge in [-0.3, -0.25) is 4.79 Å². The van der Waals surface area contributed by atoms with Crippen molar-refractivity contribution in [3.05, 3.63) is 30.1 Å². The summed E-state index contributed by atoms with van der Waals surface area (Å²) in [4.78, 5) is 13.8. The van der Waals surface area contributed by atoms with Gasteiger partial charge < -0.3 is 14.7 Å². The molecule has 0 radical (unpaired) electrons. The minimum absolute atomic E-state index is 0.0573. The first-order valence-electron chi connectivity index (χ1n) is 6.96. The van der Waals surface area contributed by atoms with Crippen LogP contribution in [0.15, 0.2) is 24.3 Å². The van der Waals surface area contributed by atoms with Crippen molar-refractivity contribution in [2.24, 2.45) is 5.92 Å². The predicted molar refractivity (Wildman–Crippen MR) is 72.9 cm³/mol. The Morgan fingerprint density at radius 2 is 2.35 bits per heavy atom. The second-order valence-electron chi connectivity index (χ2n) is 5.06. The summed E-state index contributed by atoms with van der Waals surface area (Å²) in [5.41, 5.74) is 0. The Bertz CT molecular complexity index is 452. The molecule has 1 unspecified atom stereocenters. The average molecular weight is 281 g/mol. The number of aliphatic hydroxyl groups is 1. The molecule has 1 fully saturated rings. The van der Waals surface area contributed by atoms with Crippen LogP contribution in [0.1, 0.15) is 19.3 Å². The topological polar surface area (TPSA) is 49.8 Å². The Hall–Kier alpha value is -1.62. The average Bonchev–Trinajstić information content (AvgIpc) is 2.88. The van der Waals surface area contributed by atoms with Crippen LogP contribution >= 0.6 is 0 Å². The number of ether oxygens (including phenoxy) is 1. The van der Waals surface area contributed by atoms with Crippen LogP contribution in [-0.2, 0) is 4.79 Å². The zero-order chi connectivity index (χ0) is 14.4. The van der Waals surface area contributed by atoms with E-state index in [1.165, 1.54) is 12.1 Å². The predicted octanol–water partition coefficient (Wildman–Crippen LogP) is 1.83. The molecule has 0 spiro atoms. The van der Waals surface area contributed by atoms with Crippen LogP contribution in [0.2, 0.25) is 0 Å². The van der Waals surface area contributed by atoms with Crippen LogP contribution in [0.5, 0.6) is 5.75 Å². The van der Waals surface area contributed by atoms with E-state index in [0.29, 0.717) is 18.1 Å². The Kier molecular flexibility index (Phi) is 5.35. The van der Waals surface area contributed by atoms with Crippen molar-refractivity contribution in [2.45, 2.75) is 19.3 Å². The fraction of sp³-hybridized carbons (Fsp3) is 0.533. The van der Waals surface area contributed by atoms with Gasteiger partial charge in [0.15, 0.2) is 0 Å². The number of likely N-dealkylation sites (tertiary alicyclic amines) is 1. The molecule has 5 heteroatoms. The molecular weight excluding hydrogens is 261 g/mol. The van der Waals surface area contributed by atoms with Crippen molar-refractivity contribution in [2.75, 3.05) is 26.3 Å². The number of benzene rings is 1. The SMILES string of the molecule is O=C(CCOc1cccc(F)c1)N1CCC(CCO)C1. The van der Waals surface area contributed by atoms with Crippen LogP contribution in [0.3, 0.4) is 0 Å². The van der Waals surface area contributed by atoms with Crippen molar-refractivity contribution in [3.8, 4) is 5.75 Å². The molecule has 1 heterocycles. The first-order chi connectivity index (χ1) is 9.69. The van der Waals surface area contributed by atoms with Gasteiger partial charge in [-0.05, 0) is 30.9 Å². The zero-order valence-corrected chi connectivity index (χ0v) is 11.4. The van der Waals surface area contributed by atoms with E-state index < -0.39 is 0 Å². The molecule has 1 aliphatic heterocycles. The van der Waals surface area contributed by atoms with Gasteiger partial charge in [0.1, 0.15) is 11.6 Å². The minimum Gasteiger partial charge on any atom is -0.493 e. The molecule has 4 nitrogen and oxygen atoms in total. The van der Waals surface area contributed by atoms with Gasteiger partial charge in [-0.2, -0.15) is 0 Å². The summed E-state index contributed by atoms with van der Waals surface area (Å²) in [5, 5.41) is 8.89. The lowest BCUT2D eigenvalue weighted by Crippen LogP contribution is -2.29. The van der Waals surface area contributed by atoms with Crippen LogP contribution in [0.25, 0.3) is 0 Å². The van der Waals surface area contributed by atoms with Crippen LogP contribution in [0.4, 0.5) is 4.39 Å². The van der Waals surface area contributed by atoms with E-state index in [4.69, 9.17) is 9.84 Å². The smallest absolute Gasteiger partial charge is 0.226 e. The number of amides is 1. The number of carbonyl (C=O) groups excluding carboxylic acids is 1. The summed E-state index contributed by atoms with van der Waals surface area (Å²) in [6, 6.07) is 5.90. The highest BCUT2D eigenvalue weighted by Gasteiger charge is 2.25. The normalized spacial score (nSPS) is 18.3. The van der Waals surface area contributed by atoms with Crippen LogP contribution < -0.4 is 4.74 Å². The first kappa shape index (κ1) is 14.8. The highest BCUT2D eigenvalue weighted by Crippen LogP contribution is 2.20. The van der Waals surface area contributed by atoms with Crippen molar-refractivity contribution < 1.29 is 19.0 Å². The van der Waals surface area contributed by atoms with E-state index in [1.54, 1.807) is 12.1 Å². The largest absolute Gasteiger partial charge is 0.493 e. The standard InChI is InChI=1S/C15H20FNO3/c16-13-2-1-3-14(10-13)20-9-6-15(19)17-7-4-12(11-17)5-8-18/h1-3,10,12,18H,4-9,11H2. The molecule has 20 heavy (non-hydrogen) atoms. The lowest BCUT2D eigenvalue weighted by Gasteiger charge is -2.16. The van der Waals surface area contributed by atoms with Crippen molar-refractivity contribution >= 4 is 5.91 Å². The van der Waals surface area contributed by atoms with Crippen LogP contribution in [-0.4, -0.2) is 42.2 Å². The third-order valence-electron chi connectivity index (χ3n) is 3.56. The highest BCUT2D eigenvalue weighted by atomic mass is 19.1. The van der Waals surface area contributed by atoms with E-state index >= 15 is 0 Å². The van der Waals surface area contributed by atoms with Crippen molar-refractivity contribution in [1.29, 1.82) is 0 Å². The highest BCUT2D eigenvalue weighted by molar-refractivity contribution is 5.76. The molecule has 1 aromatic rings. The van der Waals surface area contributed by atoms with Gasteiger partial charge in [-0.1, -0.05) is 6.07 Å². The fourth-order valence-corrected chi connectivity index (χ4v) is 2.45. The van der Waals surface area contributed by atoms with E-state index in [2.05, 4.69) is 0 Å². The first-order valence-corrected chi connectivity index (χ1v) is 6.96. The summed E-state index contributed by atoms with van der Waals surface area (Å²) in [7, 11) is 0. The maximum atomic E-state index is 12.9. The maximum absolute atomic E-state index is 12.9. The number of halogens is 1. The lowest BCUT2D eigenvalue weighted by atomic mass is 10.1. The molecule has 1 atom stereocenters. The molecule has 0 aromatic heterocycles. The molecule has 1 aromatic carbocycles. The Labute approximate surface area is 118 Å². The fourth-order valence-electron chi connectivity index (χ4n) is 2.45. The summed E-state index contributed by atoms with van der Waals surface area (Å²) in [5.74, 6) is 0.563. The van der Waals surface area contributed by atoms with E-state index in [9.17, 15) is 9.18 Å². The molecular formula is C15H20FNO3. The number of aliphatic hydroxyl groups excluding tert-OH is 1. The van der Waals surface area contributed by atoms with Gasteiger partial charge in [0.05, 0.1) is 13.0 Å². The molecule has 110 valence electrons. The minimum atomic E-state index is -0.347. The lowest BCUT2D eigenvalue weighted by molar-refractivity contribution is -0.130. The van der Waals surface area contributed by atoms with E-state index in [0.717, 1.165) is 25.9 Å². The monoisotopic (exact) mass is 281 g/mol. The van der Waals surface area contributed by atoms with Gasteiger partial charge in [0.2, 0.25) is 5.91 Å². The molecule has 1 aliphatic rings. The van der Waals surface area contributed by atoms with Gasteiger partial charge in [0, 0.05) is 25.8 Å². The van der Waals surface area contributed by atoms with E-state index in [1.807, 2.05) is 4.90 Å². The van der Waals surface area contributed by atoms with Gasteiger partial charge in [0.25, 0.3) is 0 Å². The molecule has 1 amide bonds. The number of carbonyl (C=O) groups is 1. The number of nitrogens with zero attached hydrogens (tertiary/aromatic N) is 1. The number of hydrogen-bond acceptors (Lipinski definition) is 3. The molecule has 0 bridgehead atoms. The Balaban J connectivity index is 1.70.